The zero-order valence-corrected chi connectivity index (χ0v) is 19.9. The summed E-state index contributed by atoms with van der Waals surface area (Å²) in [6.45, 7) is 5.42. The number of likely N-dealkylation sites (tertiary alicyclic amines) is 1. The zero-order valence-electron chi connectivity index (χ0n) is 17.6. The van der Waals surface area contributed by atoms with Gasteiger partial charge in [0.1, 0.15) is 0 Å². The van der Waals surface area contributed by atoms with Gasteiger partial charge in [-0.3, -0.25) is 4.79 Å². The maximum absolute atomic E-state index is 12.1. The highest BCUT2D eigenvalue weighted by atomic mass is 35.5. The maximum atomic E-state index is 12.1. The number of halogens is 2. The Hall–Kier alpha value is -1.24. The fourth-order valence-corrected chi connectivity index (χ4v) is 6.09. The van der Waals surface area contributed by atoms with Crippen LogP contribution >= 0.6 is 35.0 Å². The van der Waals surface area contributed by atoms with Crippen molar-refractivity contribution in [2.75, 3.05) is 32.8 Å². The first-order valence-corrected chi connectivity index (χ1v) is 12.4. The van der Waals surface area contributed by atoms with Crippen LogP contribution in [-0.2, 0) is 20.7 Å². The van der Waals surface area contributed by atoms with E-state index in [4.69, 9.17) is 32.7 Å². The summed E-state index contributed by atoms with van der Waals surface area (Å²) < 4.78 is 11.6. The Bertz CT molecular complexity index is 939. The summed E-state index contributed by atoms with van der Waals surface area (Å²) in [7, 11) is 0. The standard InChI is InChI=1S/C24H27Cl2NO3S/c1-2-29-24(28)16-6-5-9-27(15-16)10-11-30-21-13-17-12-18(25)14-20(26)23(17)31-22-8-4-3-7-19(21)22/h3-4,7-8,12,14,16,21H,2,5-6,9-11,13,15H2,1H3/t16-,21?/m1/s1. The van der Waals surface area contributed by atoms with Gasteiger partial charge in [-0.05, 0) is 55.6 Å². The number of ether oxygens (including phenoxy) is 2. The lowest BCUT2D eigenvalue weighted by molar-refractivity contribution is -0.150. The molecule has 2 aliphatic rings. The number of nitrogens with zero attached hydrogens (tertiary/aromatic N) is 1. The molecule has 2 heterocycles. The molecule has 0 N–H and O–H groups in total. The van der Waals surface area contributed by atoms with Gasteiger partial charge in [0.2, 0.25) is 0 Å². The minimum Gasteiger partial charge on any atom is -0.466 e. The van der Waals surface area contributed by atoms with Crippen LogP contribution in [0, 0.1) is 5.92 Å². The predicted octanol–water partition coefficient (Wildman–Crippen LogP) is 6.03. The molecule has 4 nitrogen and oxygen atoms in total. The third kappa shape index (κ3) is 5.58. The first-order valence-electron chi connectivity index (χ1n) is 10.8. The van der Waals surface area contributed by atoms with Crippen LogP contribution in [0.1, 0.15) is 37.0 Å². The van der Waals surface area contributed by atoms with Gasteiger partial charge in [-0.2, -0.15) is 0 Å². The van der Waals surface area contributed by atoms with Crippen molar-refractivity contribution in [2.24, 2.45) is 5.92 Å². The number of carbonyl (C=O) groups excluding carboxylic acids is 1. The molecular formula is C24H27Cl2NO3S. The Labute approximate surface area is 198 Å². The second-order valence-electron chi connectivity index (χ2n) is 7.97. The van der Waals surface area contributed by atoms with Gasteiger partial charge in [0, 0.05) is 34.3 Å². The molecule has 4 rings (SSSR count). The summed E-state index contributed by atoms with van der Waals surface area (Å²) in [5.74, 6) is -0.104. The Kier molecular flexibility index (Phi) is 7.83. The topological polar surface area (TPSA) is 38.8 Å². The van der Waals surface area contributed by atoms with Crippen LogP contribution in [0.4, 0.5) is 0 Å². The Morgan fingerprint density at radius 2 is 2.10 bits per heavy atom. The third-order valence-corrected chi connectivity index (χ3v) is 7.73. The van der Waals surface area contributed by atoms with Crippen LogP contribution in [0.25, 0.3) is 0 Å². The maximum Gasteiger partial charge on any atom is 0.310 e. The highest BCUT2D eigenvalue weighted by molar-refractivity contribution is 7.99. The largest absolute Gasteiger partial charge is 0.466 e. The molecule has 166 valence electrons. The van der Waals surface area contributed by atoms with E-state index in [2.05, 4.69) is 23.1 Å². The molecule has 2 aromatic carbocycles. The van der Waals surface area contributed by atoms with Crippen LogP contribution in [0.3, 0.4) is 0 Å². The molecule has 1 fully saturated rings. The molecule has 0 radical (unpaired) electrons. The first-order chi connectivity index (χ1) is 15.0. The van der Waals surface area contributed by atoms with Crippen molar-refractivity contribution in [1.82, 2.24) is 4.90 Å². The molecule has 0 aromatic heterocycles. The molecule has 0 saturated carbocycles. The van der Waals surface area contributed by atoms with E-state index in [1.54, 1.807) is 17.8 Å². The SMILES string of the molecule is CCOC(=O)[C@@H]1CCCN(CCOC2Cc3cc(Cl)cc(Cl)c3Sc3ccccc32)C1. The Morgan fingerprint density at radius 1 is 1.26 bits per heavy atom. The Morgan fingerprint density at radius 3 is 2.94 bits per heavy atom. The van der Waals surface area contributed by atoms with Gasteiger partial charge in [-0.1, -0.05) is 53.2 Å². The normalized spacial score (nSPS) is 21.1. The number of piperidine rings is 1. The molecule has 2 atom stereocenters. The average molecular weight is 480 g/mol. The third-order valence-electron chi connectivity index (χ3n) is 5.82. The van der Waals surface area contributed by atoms with E-state index >= 15 is 0 Å². The number of benzene rings is 2. The summed E-state index contributed by atoms with van der Waals surface area (Å²) in [4.78, 5) is 16.6. The van der Waals surface area contributed by atoms with Crippen LogP contribution in [-0.4, -0.2) is 43.7 Å². The van der Waals surface area contributed by atoms with E-state index in [1.807, 2.05) is 19.1 Å². The zero-order chi connectivity index (χ0) is 21.8. The second kappa shape index (κ2) is 10.6. The van der Waals surface area contributed by atoms with Crippen molar-refractivity contribution in [3.8, 4) is 0 Å². The van der Waals surface area contributed by atoms with E-state index < -0.39 is 0 Å². The number of esters is 1. The summed E-state index contributed by atoms with van der Waals surface area (Å²) in [5.41, 5.74) is 2.29. The highest BCUT2D eigenvalue weighted by Crippen LogP contribution is 2.45. The summed E-state index contributed by atoms with van der Waals surface area (Å²) in [6, 6.07) is 12.1. The minimum atomic E-state index is -0.0757. The van der Waals surface area contributed by atoms with Crippen molar-refractivity contribution in [3.05, 3.63) is 57.6 Å². The molecule has 0 spiro atoms. The van der Waals surface area contributed by atoms with Crippen molar-refractivity contribution in [2.45, 2.75) is 42.1 Å². The molecule has 0 aliphatic carbocycles. The quantitative estimate of drug-likeness (QED) is 0.472. The first kappa shape index (κ1) is 22.9. The molecule has 1 unspecified atom stereocenters. The second-order valence-corrected chi connectivity index (χ2v) is 9.87. The Balaban J connectivity index is 1.43. The lowest BCUT2D eigenvalue weighted by Gasteiger charge is -2.31. The summed E-state index contributed by atoms with van der Waals surface area (Å²) in [5, 5.41) is 1.33. The van der Waals surface area contributed by atoms with Gasteiger partial charge in [0.15, 0.2) is 0 Å². The van der Waals surface area contributed by atoms with Crippen molar-refractivity contribution < 1.29 is 14.3 Å². The van der Waals surface area contributed by atoms with E-state index in [0.717, 1.165) is 54.3 Å². The van der Waals surface area contributed by atoms with Gasteiger partial charge >= 0.3 is 5.97 Å². The summed E-state index contributed by atoms with van der Waals surface area (Å²) >= 11 is 14.5. The van der Waals surface area contributed by atoms with Crippen molar-refractivity contribution in [1.29, 1.82) is 0 Å². The van der Waals surface area contributed by atoms with Crippen molar-refractivity contribution >= 4 is 40.9 Å². The number of carbonyl (C=O) groups is 1. The molecule has 1 saturated heterocycles. The van der Waals surface area contributed by atoms with Crippen LogP contribution < -0.4 is 0 Å². The monoisotopic (exact) mass is 479 g/mol. The van der Waals surface area contributed by atoms with E-state index in [-0.39, 0.29) is 18.0 Å². The average Bonchev–Trinajstić information content (AvgIpc) is 2.91. The number of hydrogen-bond acceptors (Lipinski definition) is 5. The highest BCUT2D eigenvalue weighted by Gasteiger charge is 2.28. The number of rotatable bonds is 6. The molecule has 2 aromatic rings. The predicted molar refractivity (Wildman–Crippen MR) is 125 cm³/mol. The fraction of sp³-hybridized carbons (Fsp3) is 0.458. The molecule has 31 heavy (non-hydrogen) atoms. The number of fused-ring (bicyclic) bond motifs is 2. The van der Waals surface area contributed by atoms with Crippen LogP contribution in [0.15, 0.2) is 46.2 Å². The number of hydrogen-bond donors (Lipinski definition) is 0. The van der Waals surface area contributed by atoms with E-state index in [1.165, 1.54) is 5.56 Å². The van der Waals surface area contributed by atoms with Gasteiger partial charge < -0.3 is 14.4 Å². The van der Waals surface area contributed by atoms with Crippen LogP contribution in [0.2, 0.25) is 10.0 Å². The molecule has 7 heteroatoms. The molecule has 0 bridgehead atoms. The van der Waals surface area contributed by atoms with Gasteiger partial charge in [0.25, 0.3) is 0 Å². The van der Waals surface area contributed by atoms with Gasteiger partial charge in [0.05, 0.1) is 30.3 Å². The molecule has 2 aliphatic heterocycles. The summed E-state index contributed by atoms with van der Waals surface area (Å²) in [6.07, 6.45) is 2.58. The minimum absolute atomic E-state index is 0.0279. The lowest BCUT2D eigenvalue weighted by atomic mass is 9.98. The molecular weight excluding hydrogens is 453 g/mol. The smallest absolute Gasteiger partial charge is 0.310 e. The van der Waals surface area contributed by atoms with E-state index in [0.29, 0.717) is 23.3 Å². The lowest BCUT2D eigenvalue weighted by Crippen LogP contribution is -2.41. The molecule has 0 amide bonds. The fourth-order valence-electron chi connectivity index (χ4n) is 4.32. The van der Waals surface area contributed by atoms with Crippen molar-refractivity contribution in [3.63, 3.8) is 0 Å². The van der Waals surface area contributed by atoms with Gasteiger partial charge in [-0.15, -0.1) is 0 Å². The van der Waals surface area contributed by atoms with Gasteiger partial charge in [-0.25, -0.2) is 0 Å². The van der Waals surface area contributed by atoms with E-state index in [9.17, 15) is 4.79 Å². The van der Waals surface area contributed by atoms with Crippen LogP contribution in [0.5, 0.6) is 0 Å².